The first-order valence-electron chi connectivity index (χ1n) is 9.08. The lowest BCUT2D eigenvalue weighted by atomic mass is 10.0. The molecule has 1 N–H and O–H groups in total. The van der Waals surface area contributed by atoms with E-state index in [2.05, 4.69) is 32.3 Å². The van der Waals surface area contributed by atoms with Gasteiger partial charge in [-0.1, -0.05) is 24.3 Å². The van der Waals surface area contributed by atoms with Crippen molar-refractivity contribution in [3.63, 3.8) is 0 Å². The molecule has 1 saturated heterocycles. The Morgan fingerprint density at radius 2 is 2.00 bits per heavy atom. The highest BCUT2D eigenvalue weighted by molar-refractivity contribution is 7.91. The molecule has 2 aliphatic rings. The Hall–Kier alpha value is -2.48. The minimum absolute atomic E-state index is 0.00142. The first-order chi connectivity index (χ1) is 12.9. The summed E-state index contributed by atoms with van der Waals surface area (Å²) in [6.45, 7) is 3.34. The molecule has 4 rings (SSSR count). The summed E-state index contributed by atoms with van der Waals surface area (Å²) >= 11 is 0. The first-order valence-corrected chi connectivity index (χ1v) is 10.9. The normalized spacial score (nSPS) is 20.9. The number of nitrogens with one attached hydrogen (secondary N) is 1. The molecule has 27 heavy (non-hydrogen) atoms. The summed E-state index contributed by atoms with van der Waals surface area (Å²) < 4.78 is 23.2. The van der Waals surface area contributed by atoms with E-state index in [1.54, 1.807) is 6.07 Å². The van der Waals surface area contributed by atoms with Gasteiger partial charge in [0.05, 0.1) is 11.5 Å². The van der Waals surface area contributed by atoms with Crippen LogP contribution in [0, 0.1) is 6.92 Å². The molecular formula is C19H22N4O3S. The number of aromatic nitrogens is 2. The van der Waals surface area contributed by atoms with Crippen LogP contribution in [0.5, 0.6) is 0 Å². The highest BCUT2D eigenvalue weighted by Gasteiger charge is 2.29. The number of amides is 1. The summed E-state index contributed by atoms with van der Waals surface area (Å²) in [6, 6.07) is 9.60. The lowest BCUT2D eigenvalue weighted by Crippen LogP contribution is -2.37. The second-order valence-electron chi connectivity index (χ2n) is 7.21. The van der Waals surface area contributed by atoms with Crippen molar-refractivity contribution in [2.45, 2.75) is 32.4 Å². The fourth-order valence-corrected chi connectivity index (χ4v) is 5.32. The van der Waals surface area contributed by atoms with Gasteiger partial charge in [-0.3, -0.25) is 4.79 Å². The molecule has 7 nitrogen and oxygen atoms in total. The number of benzene rings is 1. The number of hydrogen-bond donors (Lipinski definition) is 1. The molecule has 0 spiro atoms. The van der Waals surface area contributed by atoms with Crippen LogP contribution in [0.1, 0.15) is 33.7 Å². The quantitative estimate of drug-likeness (QED) is 0.854. The zero-order valence-electron chi connectivity index (χ0n) is 15.2. The minimum Gasteiger partial charge on any atom is -0.347 e. The molecular weight excluding hydrogens is 364 g/mol. The Labute approximate surface area is 158 Å². The van der Waals surface area contributed by atoms with E-state index in [0.29, 0.717) is 24.6 Å². The molecule has 1 amide bonds. The van der Waals surface area contributed by atoms with E-state index in [9.17, 15) is 13.2 Å². The average molecular weight is 386 g/mol. The van der Waals surface area contributed by atoms with Gasteiger partial charge in [-0.05, 0) is 37.0 Å². The van der Waals surface area contributed by atoms with Crippen molar-refractivity contribution in [1.29, 1.82) is 0 Å². The van der Waals surface area contributed by atoms with Gasteiger partial charge in [0.2, 0.25) is 5.95 Å². The van der Waals surface area contributed by atoms with Gasteiger partial charge < -0.3 is 10.2 Å². The number of sulfone groups is 1. The van der Waals surface area contributed by atoms with Gasteiger partial charge in [-0.15, -0.1) is 0 Å². The Kier molecular flexibility index (Phi) is 4.59. The summed E-state index contributed by atoms with van der Waals surface area (Å²) in [6.07, 6.45) is 1.36. The van der Waals surface area contributed by atoms with E-state index in [0.717, 1.165) is 13.0 Å². The maximum absolute atomic E-state index is 12.6. The van der Waals surface area contributed by atoms with E-state index in [1.165, 1.54) is 11.1 Å². The van der Waals surface area contributed by atoms with E-state index in [-0.39, 0.29) is 29.1 Å². The van der Waals surface area contributed by atoms with Crippen molar-refractivity contribution in [1.82, 2.24) is 15.3 Å². The SMILES string of the molecule is Cc1cc(C(=O)NC2CCS(=O)(=O)C2)nc(N2CCc3ccccc3C2)n1. The zero-order valence-corrected chi connectivity index (χ0v) is 16.0. The number of anilines is 1. The molecule has 1 fully saturated rings. The molecule has 0 bridgehead atoms. The van der Waals surface area contributed by atoms with Crippen LogP contribution in [0.15, 0.2) is 30.3 Å². The number of nitrogens with zero attached hydrogens (tertiary/aromatic N) is 3. The van der Waals surface area contributed by atoms with E-state index < -0.39 is 9.84 Å². The summed E-state index contributed by atoms with van der Waals surface area (Å²) in [4.78, 5) is 23.6. The second kappa shape index (κ2) is 6.92. The molecule has 0 saturated carbocycles. The highest BCUT2D eigenvalue weighted by atomic mass is 32.2. The van der Waals surface area contributed by atoms with Crippen LogP contribution >= 0.6 is 0 Å². The van der Waals surface area contributed by atoms with E-state index in [4.69, 9.17) is 0 Å². The third-order valence-corrected chi connectivity index (χ3v) is 6.82. The third kappa shape index (κ3) is 3.95. The summed E-state index contributed by atoms with van der Waals surface area (Å²) in [5, 5.41) is 2.80. The number of carbonyl (C=O) groups excluding carboxylic acids is 1. The average Bonchev–Trinajstić information content (AvgIpc) is 2.99. The van der Waals surface area contributed by atoms with Crippen molar-refractivity contribution >= 4 is 21.7 Å². The third-order valence-electron chi connectivity index (χ3n) is 5.06. The van der Waals surface area contributed by atoms with Gasteiger partial charge in [0.15, 0.2) is 9.84 Å². The maximum atomic E-state index is 12.6. The smallest absolute Gasteiger partial charge is 0.270 e. The lowest BCUT2D eigenvalue weighted by molar-refractivity contribution is 0.0936. The minimum atomic E-state index is -3.04. The van der Waals surface area contributed by atoms with Crippen molar-refractivity contribution in [2.75, 3.05) is 23.0 Å². The maximum Gasteiger partial charge on any atom is 0.270 e. The summed E-state index contributed by atoms with van der Waals surface area (Å²) in [5.74, 6) is 0.313. The second-order valence-corrected chi connectivity index (χ2v) is 9.44. The molecule has 0 aliphatic carbocycles. The Balaban J connectivity index is 1.53. The zero-order chi connectivity index (χ0) is 19.0. The fraction of sp³-hybridized carbons (Fsp3) is 0.421. The number of fused-ring (bicyclic) bond motifs is 1. The molecule has 1 aromatic carbocycles. The lowest BCUT2D eigenvalue weighted by Gasteiger charge is -2.29. The van der Waals surface area contributed by atoms with Gasteiger partial charge in [0, 0.05) is 24.8 Å². The Morgan fingerprint density at radius 1 is 1.22 bits per heavy atom. The topological polar surface area (TPSA) is 92.3 Å². The standard InChI is InChI=1S/C19H22N4O3S/c1-13-10-17(18(24)21-16-7-9-27(25,26)12-16)22-19(20-13)23-8-6-14-4-2-3-5-15(14)11-23/h2-5,10,16H,6-9,11-12H2,1H3,(H,21,24). The molecule has 142 valence electrons. The van der Waals surface area contributed by atoms with Gasteiger partial charge in [-0.25, -0.2) is 18.4 Å². The van der Waals surface area contributed by atoms with Crippen LogP contribution in [0.4, 0.5) is 5.95 Å². The van der Waals surface area contributed by atoms with Crippen LogP contribution in [0.25, 0.3) is 0 Å². The van der Waals surface area contributed by atoms with Crippen molar-refractivity contribution in [3.05, 3.63) is 52.8 Å². The summed E-state index contributed by atoms with van der Waals surface area (Å²) in [5.41, 5.74) is 3.57. The molecule has 0 radical (unpaired) electrons. The van der Waals surface area contributed by atoms with Gasteiger partial charge in [0.1, 0.15) is 5.69 Å². The highest BCUT2D eigenvalue weighted by Crippen LogP contribution is 2.22. The number of aryl methyl sites for hydroxylation is 1. The van der Waals surface area contributed by atoms with Crippen LogP contribution in [0.2, 0.25) is 0 Å². The molecule has 2 aromatic rings. The van der Waals surface area contributed by atoms with Crippen molar-refractivity contribution in [3.8, 4) is 0 Å². The Bertz CT molecular complexity index is 990. The first kappa shape index (κ1) is 17.9. The van der Waals surface area contributed by atoms with Gasteiger partial charge in [-0.2, -0.15) is 0 Å². The molecule has 1 unspecified atom stereocenters. The van der Waals surface area contributed by atoms with Crippen molar-refractivity contribution in [2.24, 2.45) is 0 Å². The van der Waals surface area contributed by atoms with Crippen molar-refractivity contribution < 1.29 is 13.2 Å². The van der Waals surface area contributed by atoms with E-state index in [1.807, 2.05) is 19.1 Å². The number of rotatable bonds is 3. The molecule has 2 aliphatic heterocycles. The predicted molar refractivity (Wildman–Crippen MR) is 102 cm³/mol. The van der Waals surface area contributed by atoms with Gasteiger partial charge >= 0.3 is 0 Å². The monoisotopic (exact) mass is 386 g/mol. The van der Waals surface area contributed by atoms with Gasteiger partial charge in [0.25, 0.3) is 5.91 Å². The predicted octanol–water partition coefficient (Wildman–Crippen LogP) is 1.26. The number of carbonyl (C=O) groups is 1. The molecule has 1 atom stereocenters. The largest absolute Gasteiger partial charge is 0.347 e. The molecule has 8 heteroatoms. The molecule has 1 aromatic heterocycles. The Morgan fingerprint density at radius 3 is 2.74 bits per heavy atom. The van der Waals surface area contributed by atoms with Crippen LogP contribution in [0.3, 0.4) is 0 Å². The van der Waals surface area contributed by atoms with Crippen LogP contribution < -0.4 is 10.2 Å². The summed E-state index contributed by atoms with van der Waals surface area (Å²) in [7, 11) is -3.04. The van der Waals surface area contributed by atoms with Crippen LogP contribution in [-0.4, -0.2) is 48.4 Å². The number of hydrogen-bond acceptors (Lipinski definition) is 6. The fourth-order valence-electron chi connectivity index (χ4n) is 3.65. The van der Waals surface area contributed by atoms with E-state index >= 15 is 0 Å². The molecule has 3 heterocycles. The van der Waals surface area contributed by atoms with Crippen LogP contribution in [-0.2, 0) is 22.8 Å².